The summed E-state index contributed by atoms with van der Waals surface area (Å²) in [6.45, 7) is 6.03. The summed E-state index contributed by atoms with van der Waals surface area (Å²) < 4.78 is 7.36. The van der Waals surface area contributed by atoms with Crippen LogP contribution >= 0.6 is 0 Å². The second kappa shape index (κ2) is 6.81. The van der Waals surface area contributed by atoms with Crippen LogP contribution in [-0.2, 0) is 0 Å². The first-order valence-electron chi connectivity index (χ1n) is 8.06. The van der Waals surface area contributed by atoms with E-state index in [1.807, 2.05) is 51.1 Å². The smallest absolute Gasteiger partial charge is 0.257 e. The summed E-state index contributed by atoms with van der Waals surface area (Å²) >= 11 is 0. The lowest BCUT2D eigenvalue weighted by Gasteiger charge is -2.16. The molecule has 0 saturated carbocycles. The SMILES string of the molecule is COc1ccncc1NC(=O)c1cc(C)ccc1-n1c(C)ccc1C. The third-order valence-corrected chi connectivity index (χ3v) is 4.16. The quantitative estimate of drug-likeness (QED) is 0.782. The standard InChI is InChI=1S/C20H21N3O2/c1-13-5-8-18(23-14(2)6-7-15(23)3)16(11-13)20(24)22-17-12-21-10-9-19(17)25-4/h5-12H,1-4H3,(H,22,24). The maximum absolute atomic E-state index is 13.0. The van der Waals surface area contributed by atoms with Crippen molar-refractivity contribution in [1.29, 1.82) is 0 Å². The highest BCUT2D eigenvalue weighted by molar-refractivity contribution is 6.07. The van der Waals surface area contributed by atoms with Gasteiger partial charge in [0, 0.05) is 23.7 Å². The van der Waals surface area contributed by atoms with Crippen molar-refractivity contribution in [2.75, 3.05) is 12.4 Å². The molecule has 2 aromatic heterocycles. The molecule has 1 amide bonds. The third-order valence-electron chi connectivity index (χ3n) is 4.16. The lowest BCUT2D eigenvalue weighted by atomic mass is 10.1. The number of carbonyl (C=O) groups excluding carboxylic acids is 1. The molecule has 3 aromatic rings. The van der Waals surface area contributed by atoms with Crippen LogP contribution in [0.1, 0.15) is 27.3 Å². The number of nitrogens with zero attached hydrogens (tertiary/aromatic N) is 2. The molecule has 5 nitrogen and oxygen atoms in total. The second-order valence-electron chi connectivity index (χ2n) is 6.00. The van der Waals surface area contributed by atoms with Gasteiger partial charge >= 0.3 is 0 Å². The van der Waals surface area contributed by atoms with Gasteiger partial charge in [0.25, 0.3) is 5.91 Å². The monoisotopic (exact) mass is 335 g/mol. The topological polar surface area (TPSA) is 56.1 Å². The highest BCUT2D eigenvalue weighted by Gasteiger charge is 2.17. The van der Waals surface area contributed by atoms with Crippen LogP contribution in [-0.4, -0.2) is 22.6 Å². The van der Waals surface area contributed by atoms with E-state index in [0.29, 0.717) is 17.0 Å². The molecular weight excluding hydrogens is 314 g/mol. The van der Waals surface area contributed by atoms with Crippen molar-refractivity contribution in [3.05, 3.63) is 71.3 Å². The van der Waals surface area contributed by atoms with Crippen LogP contribution in [0.4, 0.5) is 5.69 Å². The number of rotatable bonds is 4. The number of hydrogen-bond donors (Lipinski definition) is 1. The first-order chi connectivity index (χ1) is 12.0. The molecule has 0 spiro atoms. The van der Waals surface area contributed by atoms with Crippen molar-refractivity contribution in [1.82, 2.24) is 9.55 Å². The number of anilines is 1. The van der Waals surface area contributed by atoms with Crippen LogP contribution in [0.15, 0.2) is 48.8 Å². The van der Waals surface area contributed by atoms with Crippen LogP contribution in [0, 0.1) is 20.8 Å². The molecule has 0 unspecified atom stereocenters. The molecule has 0 radical (unpaired) electrons. The van der Waals surface area contributed by atoms with Crippen LogP contribution in [0.2, 0.25) is 0 Å². The zero-order valence-corrected chi connectivity index (χ0v) is 14.8. The van der Waals surface area contributed by atoms with E-state index in [1.54, 1.807) is 25.6 Å². The van der Waals surface area contributed by atoms with E-state index in [0.717, 1.165) is 22.6 Å². The lowest BCUT2D eigenvalue weighted by molar-refractivity contribution is 0.102. The van der Waals surface area contributed by atoms with Crippen molar-refractivity contribution in [3.8, 4) is 11.4 Å². The fraction of sp³-hybridized carbons (Fsp3) is 0.200. The Labute approximate surface area is 147 Å². The van der Waals surface area contributed by atoms with Crippen LogP contribution < -0.4 is 10.1 Å². The number of nitrogens with one attached hydrogen (secondary N) is 1. The van der Waals surface area contributed by atoms with Gasteiger partial charge in [0.15, 0.2) is 0 Å². The van der Waals surface area contributed by atoms with Gasteiger partial charge in [-0.25, -0.2) is 0 Å². The number of benzene rings is 1. The summed E-state index contributed by atoms with van der Waals surface area (Å²) in [7, 11) is 1.57. The van der Waals surface area contributed by atoms with Crippen LogP contribution in [0.5, 0.6) is 5.75 Å². The Morgan fingerprint density at radius 2 is 1.80 bits per heavy atom. The van der Waals surface area contributed by atoms with Crippen molar-refractivity contribution in [2.45, 2.75) is 20.8 Å². The molecule has 1 N–H and O–H groups in total. The van der Waals surface area contributed by atoms with Crippen molar-refractivity contribution in [2.24, 2.45) is 0 Å². The van der Waals surface area contributed by atoms with E-state index in [2.05, 4.69) is 14.9 Å². The average Bonchev–Trinajstić information content (AvgIpc) is 2.94. The van der Waals surface area contributed by atoms with Crippen molar-refractivity contribution in [3.63, 3.8) is 0 Å². The molecule has 2 heterocycles. The first kappa shape index (κ1) is 16.8. The van der Waals surface area contributed by atoms with Gasteiger partial charge in [0.1, 0.15) is 11.4 Å². The first-order valence-corrected chi connectivity index (χ1v) is 8.06. The minimum absolute atomic E-state index is 0.197. The van der Waals surface area contributed by atoms with Gasteiger partial charge in [-0.2, -0.15) is 0 Å². The Bertz CT molecular complexity index is 909. The van der Waals surface area contributed by atoms with E-state index in [1.165, 1.54) is 0 Å². The fourth-order valence-electron chi connectivity index (χ4n) is 2.92. The Hall–Kier alpha value is -3.08. The summed E-state index contributed by atoms with van der Waals surface area (Å²) in [5.74, 6) is 0.378. The Kier molecular flexibility index (Phi) is 4.57. The fourth-order valence-corrected chi connectivity index (χ4v) is 2.92. The molecule has 25 heavy (non-hydrogen) atoms. The van der Waals surface area contributed by atoms with Gasteiger partial charge in [-0.05, 0) is 45.0 Å². The Morgan fingerprint density at radius 3 is 2.48 bits per heavy atom. The third kappa shape index (κ3) is 3.26. The largest absolute Gasteiger partial charge is 0.494 e. The molecule has 0 bridgehead atoms. The highest BCUT2D eigenvalue weighted by atomic mass is 16.5. The predicted octanol–water partition coefficient (Wildman–Crippen LogP) is 4.06. The molecule has 0 aliphatic carbocycles. The second-order valence-corrected chi connectivity index (χ2v) is 6.00. The molecule has 0 aliphatic rings. The number of aryl methyl sites for hydroxylation is 3. The van der Waals surface area contributed by atoms with Gasteiger partial charge in [-0.3, -0.25) is 9.78 Å². The number of ether oxygens (including phenoxy) is 1. The van der Waals surface area contributed by atoms with E-state index in [4.69, 9.17) is 4.74 Å². The zero-order chi connectivity index (χ0) is 18.0. The summed E-state index contributed by atoms with van der Waals surface area (Å²) in [6, 6.07) is 11.7. The van der Waals surface area contributed by atoms with E-state index in [-0.39, 0.29) is 5.91 Å². The Balaban J connectivity index is 2.05. The Morgan fingerprint density at radius 1 is 1.08 bits per heavy atom. The maximum atomic E-state index is 13.0. The van der Waals surface area contributed by atoms with Crippen molar-refractivity contribution >= 4 is 11.6 Å². The molecule has 5 heteroatoms. The number of carbonyl (C=O) groups is 1. The summed E-state index contributed by atoms with van der Waals surface area (Å²) in [5, 5.41) is 2.91. The minimum atomic E-state index is -0.197. The average molecular weight is 335 g/mol. The van der Waals surface area contributed by atoms with E-state index >= 15 is 0 Å². The van der Waals surface area contributed by atoms with Crippen LogP contribution in [0.3, 0.4) is 0 Å². The van der Waals surface area contributed by atoms with Crippen molar-refractivity contribution < 1.29 is 9.53 Å². The molecule has 0 saturated heterocycles. The molecular formula is C20H21N3O2. The lowest BCUT2D eigenvalue weighted by Crippen LogP contribution is -2.16. The number of aromatic nitrogens is 2. The van der Waals surface area contributed by atoms with Gasteiger partial charge in [-0.1, -0.05) is 11.6 Å². The predicted molar refractivity (Wildman–Crippen MR) is 98.7 cm³/mol. The molecule has 0 aliphatic heterocycles. The minimum Gasteiger partial charge on any atom is -0.494 e. The molecule has 0 atom stereocenters. The number of pyridine rings is 1. The summed E-state index contributed by atoms with van der Waals surface area (Å²) in [5.41, 5.74) is 5.18. The highest BCUT2D eigenvalue weighted by Crippen LogP contribution is 2.26. The number of amides is 1. The molecule has 1 aromatic carbocycles. The van der Waals surface area contributed by atoms with Crippen LogP contribution in [0.25, 0.3) is 5.69 Å². The van der Waals surface area contributed by atoms with Gasteiger partial charge < -0.3 is 14.6 Å². The van der Waals surface area contributed by atoms with Gasteiger partial charge in [0.2, 0.25) is 0 Å². The van der Waals surface area contributed by atoms with E-state index < -0.39 is 0 Å². The molecule has 3 rings (SSSR count). The molecule has 0 fully saturated rings. The van der Waals surface area contributed by atoms with E-state index in [9.17, 15) is 4.79 Å². The molecule has 128 valence electrons. The zero-order valence-electron chi connectivity index (χ0n) is 14.8. The van der Waals surface area contributed by atoms with Gasteiger partial charge in [-0.15, -0.1) is 0 Å². The number of methoxy groups -OCH3 is 1. The van der Waals surface area contributed by atoms with Gasteiger partial charge in [0.05, 0.1) is 24.6 Å². The normalized spacial score (nSPS) is 10.6. The number of hydrogen-bond acceptors (Lipinski definition) is 3. The summed E-state index contributed by atoms with van der Waals surface area (Å²) in [4.78, 5) is 17.0. The summed E-state index contributed by atoms with van der Waals surface area (Å²) in [6.07, 6.45) is 3.21. The maximum Gasteiger partial charge on any atom is 0.257 e.